The summed E-state index contributed by atoms with van der Waals surface area (Å²) in [5.74, 6) is -0.912. The number of allylic oxidation sites excluding steroid dienone is 8. The second kappa shape index (κ2) is 38.7. The summed E-state index contributed by atoms with van der Waals surface area (Å²) in [4.78, 5) is 42.8. The number of rotatable bonds is 38. The van der Waals surface area contributed by atoms with Crippen LogP contribution < -0.4 is 0 Å². The molecule has 0 aliphatic rings. The molecule has 2 N–H and O–H groups in total. The van der Waals surface area contributed by atoms with Gasteiger partial charge in [0.15, 0.2) is 6.10 Å². The first-order valence-corrected chi connectivity index (χ1v) is 22.5. The summed E-state index contributed by atoms with van der Waals surface area (Å²) in [6.07, 6.45) is 46.8. The van der Waals surface area contributed by atoms with Crippen LogP contribution in [0.15, 0.2) is 48.6 Å². The molecule has 0 bridgehead atoms. The fourth-order valence-electron chi connectivity index (χ4n) is 5.67. The van der Waals surface area contributed by atoms with Crippen molar-refractivity contribution in [2.75, 3.05) is 13.2 Å². The number of phosphoric ester groups is 1. The van der Waals surface area contributed by atoms with Crippen molar-refractivity contribution < 1.29 is 37.9 Å². The normalized spacial score (nSPS) is 12.9. The summed E-state index contributed by atoms with van der Waals surface area (Å²) in [6, 6.07) is 0. The number of hydrogen-bond donors (Lipinski definition) is 2. The molecule has 9 heteroatoms. The van der Waals surface area contributed by atoms with Crippen LogP contribution in [0.1, 0.15) is 194 Å². The van der Waals surface area contributed by atoms with Crippen LogP contribution in [0, 0.1) is 0 Å². The van der Waals surface area contributed by atoms with Gasteiger partial charge in [0, 0.05) is 12.8 Å². The van der Waals surface area contributed by atoms with Gasteiger partial charge in [0.2, 0.25) is 0 Å². The lowest BCUT2D eigenvalue weighted by atomic mass is 10.1. The van der Waals surface area contributed by atoms with E-state index in [9.17, 15) is 14.2 Å². The van der Waals surface area contributed by atoms with Gasteiger partial charge >= 0.3 is 19.8 Å². The van der Waals surface area contributed by atoms with Crippen LogP contribution in [0.25, 0.3) is 0 Å². The lowest BCUT2D eigenvalue weighted by Gasteiger charge is -2.18. The maximum absolute atomic E-state index is 12.4. The molecule has 1 atom stereocenters. The van der Waals surface area contributed by atoms with Crippen LogP contribution in [0.4, 0.5) is 0 Å². The van der Waals surface area contributed by atoms with Gasteiger partial charge in [-0.2, -0.15) is 0 Å². The van der Waals surface area contributed by atoms with E-state index in [1.165, 1.54) is 96.3 Å². The second-order valence-corrected chi connectivity index (χ2v) is 15.2. The molecule has 0 saturated carbocycles. The SMILES string of the molecule is CCCCC/C=C/C/C=C/C/C=C/CCCCCCC(=O)O[C@H](COC(=O)CCCCCCCCCCC/C=C/CCCCCC)COP(=O)(O)O. The number of unbranched alkanes of at least 4 members (excludes halogenated alkanes) is 20. The Morgan fingerprint density at radius 3 is 1.35 bits per heavy atom. The van der Waals surface area contributed by atoms with Crippen molar-refractivity contribution >= 4 is 19.8 Å². The molecule has 0 spiro atoms. The average molecular weight is 753 g/mol. The number of ether oxygens (including phenoxy) is 2. The Kier molecular flexibility index (Phi) is 37.2. The Balaban J connectivity index is 3.97. The van der Waals surface area contributed by atoms with E-state index in [0.29, 0.717) is 6.42 Å². The molecule has 0 unspecified atom stereocenters. The van der Waals surface area contributed by atoms with Crippen LogP contribution in [-0.2, 0) is 28.2 Å². The second-order valence-electron chi connectivity index (χ2n) is 14.0. The lowest BCUT2D eigenvalue weighted by molar-refractivity contribution is -0.161. The third-order valence-corrected chi connectivity index (χ3v) is 9.31. The highest BCUT2D eigenvalue weighted by Crippen LogP contribution is 2.36. The fraction of sp³-hybridized carbons (Fsp3) is 0.767. The van der Waals surface area contributed by atoms with Gasteiger partial charge in [0.1, 0.15) is 6.61 Å². The Bertz CT molecular complexity index is 984. The minimum absolute atomic E-state index is 0.185. The van der Waals surface area contributed by atoms with Crippen LogP contribution >= 0.6 is 7.82 Å². The minimum atomic E-state index is -4.76. The zero-order chi connectivity index (χ0) is 38.2. The molecule has 0 fully saturated rings. The minimum Gasteiger partial charge on any atom is -0.462 e. The van der Waals surface area contributed by atoms with Gasteiger partial charge in [0.05, 0.1) is 6.61 Å². The fourth-order valence-corrected chi connectivity index (χ4v) is 6.03. The van der Waals surface area contributed by atoms with Gasteiger partial charge in [-0.15, -0.1) is 0 Å². The van der Waals surface area contributed by atoms with E-state index in [2.05, 4.69) is 67.0 Å². The summed E-state index contributed by atoms with van der Waals surface area (Å²) in [5, 5.41) is 0. The highest BCUT2D eigenvalue weighted by atomic mass is 31.2. The topological polar surface area (TPSA) is 119 Å². The molecule has 52 heavy (non-hydrogen) atoms. The van der Waals surface area contributed by atoms with Crippen molar-refractivity contribution in [3.8, 4) is 0 Å². The summed E-state index contributed by atoms with van der Waals surface area (Å²) in [6.45, 7) is 3.63. The third kappa shape index (κ3) is 40.8. The van der Waals surface area contributed by atoms with E-state index in [4.69, 9.17) is 19.3 Å². The highest BCUT2D eigenvalue weighted by Gasteiger charge is 2.22. The van der Waals surface area contributed by atoms with E-state index in [-0.39, 0.29) is 19.4 Å². The Hall–Kier alpha value is -1.99. The van der Waals surface area contributed by atoms with Crippen LogP contribution in [0.3, 0.4) is 0 Å². The molecule has 0 saturated heterocycles. The molecule has 0 rings (SSSR count). The lowest BCUT2D eigenvalue weighted by Crippen LogP contribution is -2.29. The van der Waals surface area contributed by atoms with Crippen LogP contribution in [-0.4, -0.2) is 41.0 Å². The van der Waals surface area contributed by atoms with Gasteiger partial charge in [-0.3, -0.25) is 14.1 Å². The Morgan fingerprint density at radius 2 is 0.865 bits per heavy atom. The molecule has 0 aromatic heterocycles. The van der Waals surface area contributed by atoms with Crippen LogP contribution in [0.5, 0.6) is 0 Å². The molecule has 0 radical (unpaired) electrons. The molecule has 0 amide bonds. The number of phosphoric acid groups is 1. The van der Waals surface area contributed by atoms with Crippen molar-refractivity contribution in [2.24, 2.45) is 0 Å². The van der Waals surface area contributed by atoms with Crippen molar-refractivity contribution in [1.82, 2.24) is 0 Å². The highest BCUT2D eigenvalue weighted by molar-refractivity contribution is 7.46. The van der Waals surface area contributed by atoms with Gasteiger partial charge in [-0.05, 0) is 77.0 Å². The smallest absolute Gasteiger partial charge is 0.462 e. The summed E-state index contributed by atoms with van der Waals surface area (Å²) < 4.78 is 26.4. The molecule has 0 aromatic rings. The number of carbonyl (C=O) groups is 2. The molecule has 0 aromatic carbocycles. The van der Waals surface area contributed by atoms with Gasteiger partial charge in [0.25, 0.3) is 0 Å². The van der Waals surface area contributed by atoms with Gasteiger partial charge in [-0.1, -0.05) is 152 Å². The van der Waals surface area contributed by atoms with E-state index < -0.39 is 32.5 Å². The third-order valence-electron chi connectivity index (χ3n) is 8.82. The molecule has 302 valence electrons. The monoisotopic (exact) mass is 753 g/mol. The number of hydrogen-bond acceptors (Lipinski definition) is 6. The zero-order valence-corrected chi connectivity index (χ0v) is 34.1. The maximum Gasteiger partial charge on any atom is 0.469 e. The molecule has 0 heterocycles. The van der Waals surface area contributed by atoms with Crippen molar-refractivity contribution in [2.45, 2.75) is 200 Å². The summed E-state index contributed by atoms with van der Waals surface area (Å²) >= 11 is 0. The molecular formula is C43H77O8P. The summed E-state index contributed by atoms with van der Waals surface area (Å²) in [5.41, 5.74) is 0. The standard InChI is InChI=1S/C43H77O8P/c1-3-5-7-9-11-13-15-17-19-21-23-25-27-29-31-33-35-37-42(44)49-39-41(40-50-52(46,47)48)51-43(45)38-36-34-32-30-28-26-24-22-20-18-16-14-12-10-8-6-4-2/h12-15,18,20,24,26,41H,3-11,16-17,19,21-23,25,27-40H2,1-2H3,(H2,46,47,48)/b14-12+,15-13+,20-18+,26-24+/t41-/m1/s1. The Labute approximate surface area is 318 Å². The van der Waals surface area contributed by atoms with Crippen molar-refractivity contribution in [1.29, 1.82) is 0 Å². The molecule has 0 aliphatic carbocycles. The predicted molar refractivity (Wildman–Crippen MR) is 216 cm³/mol. The quantitative estimate of drug-likeness (QED) is 0.0277. The summed E-state index contributed by atoms with van der Waals surface area (Å²) in [7, 11) is -4.76. The first-order valence-electron chi connectivity index (χ1n) is 20.9. The first kappa shape index (κ1) is 50.0. The van der Waals surface area contributed by atoms with E-state index in [0.717, 1.165) is 64.2 Å². The number of carbonyl (C=O) groups excluding carboxylic acids is 2. The van der Waals surface area contributed by atoms with E-state index in [1.54, 1.807) is 0 Å². The van der Waals surface area contributed by atoms with Gasteiger partial charge in [-0.25, -0.2) is 4.57 Å². The molecular weight excluding hydrogens is 675 g/mol. The van der Waals surface area contributed by atoms with E-state index >= 15 is 0 Å². The maximum atomic E-state index is 12.4. The number of esters is 2. The Morgan fingerprint density at radius 1 is 0.500 bits per heavy atom. The largest absolute Gasteiger partial charge is 0.469 e. The molecule has 8 nitrogen and oxygen atoms in total. The van der Waals surface area contributed by atoms with Crippen molar-refractivity contribution in [3.05, 3.63) is 48.6 Å². The van der Waals surface area contributed by atoms with Gasteiger partial charge < -0.3 is 19.3 Å². The van der Waals surface area contributed by atoms with E-state index in [1.807, 2.05) is 0 Å². The molecule has 0 aliphatic heterocycles. The average Bonchev–Trinajstić information content (AvgIpc) is 3.11. The zero-order valence-electron chi connectivity index (χ0n) is 33.2. The predicted octanol–water partition coefficient (Wildman–Crippen LogP) is 12.7. The van der Waals surface area contributed by atoms with Crippen molar-refractivity contribution in [3.63, 3.8) is 0 Å². The van der Waals surface area contributed by atoms with Crippen LogP contribution in [0.2, 0.25) is 0 Å². The first-order chi connectivity index (χ1) is 25.3.